The molecule has 1 aromatic rings. The van der Waals surface area contributed by atoms with Crippen LogP contribution < -0.4 is 4.74 Å². The lowest BCUT2D eigenvalue weighted by molar-refractivity contribution is -0.147. The smallest absolute Gasteiger partial charge is 0.309 e. The molecule has 1 saturated heterocycles. The quantitative estimate of drug-likeness (QED) is 0.774. The third-order valence-electron chi connectivity index (χ3n) is 3.71. The highest BCUT2D eigenvalue weighted by Crippen LogP contribution is 2.18. The fraction of sp³-hybridized carbons (Fsp3) is 0.562. The molecule has 0 saturated carbocycles. The second kappa shape index (κ2) is 7.29. The summed E-state index contributed by atoms with van der Waals surface area (Å²) < 4.78 is 10.6. The molecule has 20 heavy (non-hydrogen) atoms. The molecule has 4 heteroatoms. The van der Waals surface area contributed by atoms with Gasteiger partial charge in [-0.2, -0.15) is 0 Å². The summed E-state index contributed by atoms with van der Waals surface area (Å²) >= 11 is 0. The maximum Gasteiger partial charge on any atom is 0.309 e. The first-order valence-electron chi connectivity index (χ1n) is 7.18. The minimum absolute atomic E-state index is 0.0210. The number of likely N-dealkylation sites (tertiary alicyclic amines) is 1. The topological polar surface area (TPSA) is 38.8 Å². The van der Waals surface area contributed by atoms with Crippen LogP contribution in [0.3, 0.4) is 0 Å². The average Bonchev–Trinajstić information content (AvgIpc) is 2.47. The van der Waals surface area contributed by atoms with Crippen molar-refractivity contribution >= 4 is 5.97 Å². The fourth-order valence-corrected chi connectivity index (χ4v) is 2.62. The van der Waals surface area contributed by atoms with E-state index in [1.807, 2.05) is 18.2 Å². The molecule has 1 fully saturated rings. The number of hydrogen-bond donors (Lipinski definition) is 0. The van der Waals surface area contributed by atoms with Crippen LogP contribution in [0.1, 0.15) is 18.4 Å². The van der Waals surface area contributed by atoms with Crippen molar-refractivity contribution in [2.75, 3.05) is 33.4 Å². The molecule has 0 aliphatic carbocycles. The molecule has 0 amide bonds. The molecule has 1 heterocycles. The molecule has 1 aliphatic rings. The van der Waals surface area contributed by atoms with Crippen LogP contribution in [0.15, 0.2) is 24.3 Å². The summed E-state index contributed by atoms with van der Waals surface area (Å²) in [6.45, 7) is 5.37. The highest BCUT2D eigenvalue weighted by atomic mass is 16.5. The summed E-state index contributed by atoms with van der Waals surface area (Å²) in [4.78, 5) is 13.8. The maximum absolute atomic E-state index is 11.6. The molecular formula is C16H23NO3. The van der Waals surface area contributed by atoms with Crippen LogP contribution in [0.2, 0.25) is 0 Å². The number of rotatable bonds is 5. The normalized spacial score (nSPS) is 19.6. The monoisotopic (exact) mass is 277 g/mol. The number of methoxy groups -OCH3 is 1. The molecule has 0 unspecified atom stereocenters. The van der Waals surface area contributed by atoms with Crippen LogP contribution in [0.5, 0.6) is 5.75 Å². The molecule has 0 radical (unpaired) electrons. The molecular weight excluding hydrogens is 254 g/mol. The van der Waals surface area contributed by atoms with Crippen molar-refractivity contribution in [3.05, 3.63) is 29.8 Å². The maximum atomic E-state index is 11.6. The number of esters is 1. The van der Waals surface area contributed by atoms with Gasteiger partial charge in [0.05, 0.1) is 13.0 Å². The van der Waals surface area contributed by atoms with Crippen molar-refractivity contribution < 1.29 is 14.3 Å². The second-order valence-corrected chi connectivity index (χ2v) is 5.33. The summed E-state index contributed by atoms with van der Waals surface area (Å²) in [5.74, 6) is 0.841. The van der Waals surface area contributed by atoms with Gasteiger partial charge in [-0.15, -0.1) is 0 Å². The van der Waals surface area contributed by atoms with Crippen LogP contribution in [0.25, 0.3) is 0 Å². The van der Waals surface area contributed by atoms with Crippen molar-refractivity contribution in [1.82, 2.24) is 4.90 Å². The van der Waals surface area contributed by atoms with Gasteiger partial charge in [-0.05, 0) is 44.0 Å². The number of hydrogen-bond acceptors (Lipinski definition) is 4. The zero-order valence-electron chi connectivity index (χ0n) is 12.3. The van der Waals surface area contributed by atoms with Crippen molar-refractivity contribution in [1.29, 1.82) is 0 Å². The van der Waals surface area contributed by atoms with Gasteiger partial charge in [0.25, 0.3) is 0 Å². The van der Waals surface area contributed by atoms with E-state index in [9.17, 15) is 4.79 Å². The highest BCUT2D eigenvalue weighted by molar-refractivity contribution is 5.72. The van der Waals surface area contributed by atoms with Crippen LogP contribution in [-0.4, -0.2) is 44.2 Å². The Hall–Kier alpha value is -1.55. The Bertz CT molecular complexity index is 447. The standard InChI is InChI=1S/C16H23NO3/c1-13-5-3-7-15(11-13)20-10-9-17-8-4-6-14(12-17)16(18)19-2/h3,5,7,11,14H,4,6,8-10,12H2,1-2H3/t14-/m0/s1. The van der Waals surface area contributed by atoms with Gasteiger partial charge in [-0.25, -0.2) is 0 Å². The van der Waals surface area contributed by atoms with E-state index in [0.29, 0.717) is 6.61 Å². The first-order valence-corrected chi connectivity index (χ1v) is 7.18. The van der Waals surface area contributed by atoms with Crippen molar-refractivity contribution in [3.8, 4) is 5.75 Å². The summed E-state index contributed by atoms with van der Waals surface area (Å²) in [6.07, 6.45) is 1.98. The zero-order valence-corrected chi connectivity index (χ0v) is 12.3. The number of carbonyl (C=O) groups excluding carboxylic acids is 1. The molecule has 0 bridgehead atoms. The van der Waals surface area contributed by atoms with E-state index in [2.05, 4.69) is 17.9 Å². The molecule has 0 N–H and O–H groups in total. The summed E-state index contributed by atoms with van der Waals surface area (Å²) in [5.41, 5.74) is 1.20. The van der Waals surface area contributed by atoms with E-state index in [1.54, 1.807) is 0 Å². The molecule has 1 aromatic carbocycles. The molecule has 4 nitrogen and oxygen atoms in total. The van der Waals surface area contributed by atoms with Gasteiger partial charge in [0, 0.05) is 13.1 Å². The molecule has 0 aromatic heterocycles. The summed E-state index contributed by atoms with van der Waals surface area (Å²) in [7, 11) is 1.46. The number of ether oxygens (including phenoxy) is 2. The molecule has 1 aliphatic heterocycles. The first-order chi connectivity index (χ1) is 9.69. The van der Waals surface area contributed by atoms with Gasteiger partial charge in [0.15, 0.2) is 0 Å². The van der Waals surface area contributed by atoms with E-state index in [-0.39, 0.29) is 11.9 Å². The van der Waals surface area contributed by atoms with E-state index < -0.39 is 0 Å². The van der Waals surface area contributed by atoms with Crippen LogP contribution >= 0.6 is 0 Å². The molecule has 1 atom stereocenters. The number of nitrogens with zero attached hydrogens (tertiary/aromatic N) is 1. The Kier molecular flexibility index (Phi) is 5.41. The molecule has 2 rings (SSSR count). The minimum Gasteiger partial charge on any atom is -0.492 e. The van der Waals surface area contributed by atoms with E-state index in [4.69, 9.17) is 9.47 Å². The Morgan fingerprint density at radius 3 is 3.05 bits per heavy atom. The lowest BCUT2D eigenvalue weighted by Crippen LogP contribution is -2.41. The fourth-order valence-electron chi connectivity index (χ4n) is 2.62. The molecule has 0 spiro atoms. The van der Waals surface area contributed by atoms with Crippen LogP contribution in [0, 0.1) is 12.8 Å². The van der Waals surface area contributed by atoms with Gasteiger partial charge < -0.3 is 9.47 Å². The number of aryl methyl sites for hydroxylation is 1. The highest BCUT2D eigenvalue weighted by Gasteiger charge is 2.26. The lowest BCUT2D eigenvalue weighted by atomic mass is 9.98. The zero-order chi connectivity index (χ0) is 14.4. The minimum atomic E-state index is -0.0886. The SMILES string of the molecule is COC(=O)[C@H]1CCCN(CCOc2cccc(C)c2)C1. The Labute approximate surface area is 120 Å². The van der Waals surface area contributed by atoms with Gasteiger partial charge in [-0.1, -0.05) is 12.1 Å². The van der Waals surface area contributed by atoms with Crippen LogP contribution in [0.4, 0.5) is 0 Å². The number of piperidine rings is 1. The largest absolute Gasteiger partial charge is 0.492 e. The van der Waals surface area contributed by atoms with E-state index in [1.165, 1.54) is 12.7 Å². The second-order valence-electron chi connectivity index (χ2n) is 5.33. The molecule has 110 valence electrons. The summed E-state index contributed by atoms with van der Waals surface area (Å²) in [6, 6.07) is 8.06. The van der Waals surface area contributed by atoms with Gasteiger partial charge in [0.1, 0.15) is 12.4 Å². The van der Waals surface area contributed by atoms with Crippen LogP contribution in [-0.2, 0) is 9.53 Å². The first kappa shape index (κ1) is 14.9. The number of benzene rings is 1. The Morgan fingerprint density at radius 1 is 1.45 bits per heavy atom. The Morgan fingerprint density at radius 2 is 2.30 bits per heavy atom. The van der Waals surface area contributed by atoms with Crippen molar-refractivity contribution in [2.45, 2.75) is 19.8 Å². The van der Waals surface area contributed by atoms with Gasteiger partial charge >= 0.3 is 5.97 Å². The predicted molar refractivity (Wildman–Crippen MR) is 77.9 cm³/mol. The predicted octanol–water partition coefficient (Wildman–Crippen LogP) is 2.26. The van der Waals surface area contributed by atoms with Gasteiger partial charge in [0.2, 0.25) is 0 Å². The average molecular weight is 277 g/mol. The van der Waals surface area contributed by atoms with E-state index in [0.717, 1.165) is 38.2 Å². The lowest BCUT2D eigenvalue weighted by Gasteiger charge is -2.31. The summed E-state index contributed by atoms with van der Waals surface area (Å²) in [5, 5.41) is 0. The van der Waals surface area contributed by atoms with Gasteiger partial charge in [-0.3, -0.25) is 9.69 Å². The Balaban J connectivity index is 1.75. The third-order valence-corrected chi connectivity index (χ3v) is 3.71. The number of carbonyl (C=O) groups is 1. The van der Waals surface area contributed by atoms with Crippen molar-refractivity contribution in [3.63, 3.8) is 0 Å². The third kappa shape index (κ3) is 4.23. The van der Waals surface area contributed by atoms with Crippen molar-refractivity contribution in [2.24, 2.45) is 5.92 Å². The van der Waals surface area contributed by atoms with E-state index >= 15 is 0 Å².